The van der Waals surface area contributed by atoms with Crippen LogP contribution in [0.25, 0.3) is 0 Å². The van der Waals surface area contributed by atoms with Gasteiger partial charge in [0.2, 0.25) is 0 Å². The summed E-state index contributed by atoms with van der Waals surface area (Å²) < 4.78 is 9.59. The summed E-state index contributed by atoms with van der Waals surface area (Å²) in [5.41, 5.74) is 1.04. The Labute approximate surface area is 86.8 Å². The lowest BCUT2D eigenvalue weighted by molar-refractivity contribution is 0.0972. The van der Waals surface area contributed by atoms with Gasteiger partial charge in [-0.2, -0.15) is 0 Å². The maximum atomic E-state index is 5.76. The summed E-state index contributed by atoms with van der Waals surface area (Å²) in [5.74, 6) is 0. The molecule has 0 radical (unpaired) electrons. The standard InChI is InChI=1S/C9H13N3OS/c1-2-9-8(3-7(1)13-9)10-4-6-5-14-12-11-6/h5,7-10H,1-4H2/t7-,8-,9+/m1/s1. The lowest BCUT2D eigenvalue weighted by atomic mass is 9.95. The highest BCUT2D eigenvalue weighted by molar-refractivity contribution is 7.03. The van der Waals surface area contributed by atoms with Crippen LogP contribution in [0.2, 0.25) is 0 Å². The molecule has 2 saturated heterocycles. The zero-order valence-electron chi connectivity index (χ0n) is 7.85. The van der Waals surface area contributed by atoms with Gasteiger partial charge in [-0.3, -0.25) is 0 Å². The largest absolute Gasteiger partial charge is 0.373 e. The Balaban J connectivity index is 1.54. The fourth-order valence-corrected chi connectivity index (χ4v) is 2.80. The van der Waals surface area contributed by atoms with E-state index in [1.165, 1.54) is 30.8 Å². The summed E-state index contributed by atoms with van der Waals surface area (Å²) in [5, 5.41) is 9.49. The summed E-state index contributed by atoms with van der Waals surface area (Å²) in [7, 11) is 0. The van der Waals surface area contributed by atoms with Crippen molar-refractivity contribution in [2.45, 2.75) is 44.1 Å². The first kappa shape index (κ1) is 8.76. The highest BCUT2D eigenvalue weighted by atomic mass is 32.1. The van der Waals surface area contributed by atoms with E-state index in [0.717, 1.165) is 12.2 Å². The SMILES string of the molecule is c1snnc1CN[C@@H]1C[C@H]2CC[C@@H]1O2. The van der Waals surface area contributed by atoms with E-state index in [1.54, 1.807) is 0 Å². The fourth-order valence-electron chi connectivity index (χ4n) is 2.35. The molecule has 3 rings (SSSR count). The third kappa shape index (κ3) is 1.55. The van der Waals surface area contributed by atoms with E-state index in [9.17, 15) is 0 Å². The number of hydrogen-bond acceptors (Lipinski definition) is 5. The third-order valence-corrected chi connectivity index (χ3v) is 3.61. The minimum Gasteiger partial charge on any atom is -0.373 e. The van der Waals surface area contributed by atoms with Crippen LogP contribution in [0.4, 0.5) is 0 Å². The van der Waals surface area contributed by atoms with E-state index in [1.807, 2.05) is 5.38 Å². The van der Waals surface area contributed by atoms with Gasteiger partial charge >= 0.3 is 0 Å². The molecule has 0 amide bonds. The highest BCUT2D eigenvalue weighted by Crippen LogP contribution is 2.34. The van der Waals surface area contributed by atoms with Gasteiger partial charge < -0.3 is 10.1 Å². The Morgan fingerprint density at radius 3 is 3.21 bits per heavy atom. The first-order valence-corrected chi connectivity index (χ1v) is 5.90. The average molecular weight is 211 g/mol. The Morgan fingerprint density at radius 2 is 2.57 bits per heavy atom. The van der Waals surface area contributed by atoms with Crippen molar-refractivity contribution in [3.8, 4) is 0 Å². The maximum Gasteiger partial charge on any atom is 0.0893 e. The van der Waals surface area contributed by atoms with Crippen molar-refractivity contribution < 1.29 is 4.74 Å². The molecule has 5 heteroatoms. The summed E-state index contributed by atoms with van der Waals surface area (Å²) in [6.07, 6.45) is 4.61. The molecule has 2 aliphatic rings. The molecule has 3 heterocycles. The molecule has 0 aromatic carbocycles. The van der Waals surface area contributed by atoms with E-state index >= 15 is 0 Å². The van der Waals surface area contributed by atoms with Crippen molar-refractivity contribution in [3.05, 3.63) is 11.1 Å². The molecular weight excluding hydrogens is 198 g/mol. The van der Waals surface area contributed by atoms with E-state index in [-0.39, 0.29) is 0 Å². The first-order chi connectivity index (χ1) is 6.92. The van der Waals surface area contributed by atoms with Crippen LogP contribution in [0.1, 0.15) is 25.0 Å². The molecule has 1 N–H and O–H groups in total. The van der Waals surface area contributed by atoms with Crippen LogP contribution in [0.5, 0.6) is 0 Å². The zero-order chi connectivity index (χ0) is 9.38. The van der Waals surface area contributed by atoms with E-state index in [0.29, 0.717) is 18.2 Å². The fraction of sp³-hybridized carbons (Fsp3) is 0.778. The van der Waals surface area contributed by atoms with Crippen LogP contribution in [0.3, 0.4) is 0 Å². The molecule has 14 heavy (non-hydrogen) atoms. The molecule has 0 aliphatic carbocycles. The molecule has 0 unspecified atom stereocenters. The third-order valence-electron chi connectivity index (χ3n) is 3.06. The monoisotopic (exact) mass is 211 g/mol. The van der Waals surface area contributed by atoms with Crippen molar-refractivity contribution >= 4 is 11.5 Å². The molecule has 2 aliphatic heterocycles. The second kappa shape index (κ2) is 3.56. The number of aromatic nitrogens is 2. The first-order valence-electron chi connectivity index (χ1n) is 5.06. The van der Waals surface area contributed by atoms with Crippen LogP contribution < -0.4 is 5.32 Å². The van der Waals surface area contributed by atoms with Gasteiger partial charge in [0.15, 0.2) is 0 Å². The molecule has 2 fully saturated rings. The maximum absolute atomic E-state index is 5.76. The number of hydrogen-bond donors (Lipinski definition) is 1. The topological polar surface area (TPSA) is 47.0 Å². The quantitative estimate of drug-likeness (QED) is 0.808. The number of ether oxygens (including phenoxy) is 1. The van der Waals surface area contributed by atoms with Gasteiger partial charge in [0, 0.05) is 18.0 Å². The van der Waals surface area contributed by atoms with Gasteiger partial charge in [0.05, 0.1) is 17.9 Å². The Bertz CT molecular complexity index is 303. The molecule has 0 saturated carbocycles. The summed E-state index contributed by atoms with van der Waals surface area (Å²) in [4.78, 5) is 0. The van der Waals surface area contributed by atoms with Crippen molar-refractivity contribution in [2.24, 2.45) is 0 Å². The molecule has 3 atom stereocenters. The minimum absolute atomic E-state index is 0.451. The van der Waals surface area contributed by atoms with Crippen LogP contribution in [0.15, 0.2) is 5.38 Å². The smallest absolute Gasteiger partial charge is 0.0893 e. The van der Waals surface area contributed by atoms with E-state index in [4.69, 9.17) is 4.74 Å². The summed E-state index contributed by atoms with van der Waals surface area (Å²) in [6.45, 7) is 0.827. The van der Waals surface area contributed by atoms with Gasteiger partial charge in [-0.05, 0) is 30.8 Å². The summed E-state index contributed by atoms with van der Waals surface area (Å²) >= 11 is 1.41. The molecule has 1 aromatic rings. The predicted molar refractivity (Wildman–Crippen MR) is 53.0 cm³/mol. The molecular formula is C9H13N3OS. The lowest BCUT2D eigenvalue weighted by Gasteiger charge is -2.19. The van der Waals surface area contributed by atoms with Crippen molar-refractivity contribution in [2.75, 3.05) is 0 Å². The summed E-state index contributed by atoms with van der Waals surface area (Å²) in [6, 6.07) is 0.537. The Hall–Kier alpha value is -0.520. The van der Waals surface area contributed by atoms with Gasteiger partial charge in [-0.15, -0.1) is 5.10 Å². The van der Waals surface area contributed by atoms with Gasteiger partial charge in [-0.1, -0.05) is 4.49 Å². The zero-order valence-corrected chi connectivity index (χ0v) is 8.67. The lowest BCUT2D eigenvalue weighted by Crippen LogP contribution is -2.37. The number of nitrogens with zero attached hydrogens (tertiary/aromatic N) is 2. The van der Waals surface area contributed by atoms with Gasteiger partial charge in [0.1, 0.15) is 0 Å². The normalized spacial score (nSPS) is 35.3. The van der Waals surface area contributed by atoms with Crippen LogP contribution in [-0.4, -0.2) is 27.8 Å². The van der Waals surface area contributed by atoms with Crippen LogP contribution in [-0.2, 0) is 11.3 Å². The second-order valence-electron chi connectivity index (χ2n) is 3.99. The minimum atomic E-state index is 0.451. The Morgan fingerprint density at radius 1 is 1.57 bits per heavy atom. The van der Waals surface area contributed by atoms with Crippen molar-refractivity contribution in [1.82, 2.24) is 14.9 Å². The average Bonchev–Trinajstić information content (AvgIpc) is 2.91. The van der Waals surface area contributed by atoms with Crippen LogP contribution in [0, 0.1) is 0 Å². The molecule has 1 aromatic heterocycles. The molecule has 76 valence electrons. The Kier molecular flexibility index (Phi) is 2.23. The molecule has 2 bridgehead atoms. The highest BCUT2D eigenvalue weighted by Gasteiger charge is 2.40. The number of nitrogens with one attached hydrogen (secondary N) is 1. The molecule has 4 nitrogen and oxygen atoms in total. The number of rotatable bonds is 3. The predicted octanol–water partition coefficient (Wildman–Crippen LogP) is 0.948. The number of fused-ring (bicyclic) bond motifs is 2. The van der Waals surface area contributed by atoms with E-state index in [2.05, 4.69) is 14.9 Å². The van der Waals surface area contributed by atoms with Crippen molar-refractivity contribution in [1.29, 1.82) is 0 Å². The second-order valence-corrected chi connectivity index (χ2v) is 4.60. The van der Waals surface area contributed by atoms with Crippen molar-refractivity contribution in [3.63, 3.8) is 0 Å². The van der Waals surface area contributed by atoms with E-state index < -0.39 is 0 Å². The van der Waals surface area contributed by atoms with Gasteiger partial charge in [0.25, 0.3) is 0 Å². The van der Waals surface area contributed by atoms with Crippen LogP contribution >= 0.6 is 11.5 Å². The van der Waals surface area contributed by atoms with Gasteiger partial charge in [-0.25, -0.2) is 0 Å². The molecule has 0 spiro atoms.